The maximum Gasteiger partial charge on any atom is 0.0392 e. The lowest BCUT2D eigenvalue weighted by atomic mass is 9.70. The van der Waals surface area contributed by atoms with Crippen LogP contribution in [-0.4, -0.2) is 11.5 Å². The van der Waals surface area contributed by atoms with Crippen molar-refractivity contribution in [3.63, 3.8) is 0 Å². The van der Waals surface area contributed by atoms with Gasteiger partial charge >= 0.3 is 0 Å². The molecule has 1 aliphatic carbocycles. The second kappa shape index (κ2) is 7.21. The SMILES string of the molecule is CCCNC(c1cccnc1)C1(CC(C)C)CCCC1. The molecule has 0 spiro atoms. The van der Waals surface area contributed by atoms with Gasteiger partial charge < -0.3 is 5.32 Å². The molecule has 1 fully saturated rings. The standard InChI is InChI=1S/C18H30N2/c1-4-11-20-17(16-8-7-12-19-14-16)18(13-15(2)3)9-5-6-10-18/h7-8,12,14-15,17,20H,4-6,9-11,13H2,1-3H3. The molecule has 1 heterocycles. The molecule has 0 bridgehead atoms. The van der Waals surface area contributed by atoms with Gasteiger partial charge in [-0.25, -0.2) is 0 Å². The number of nitrogens with one attached hydrogen (secondary N) is 1. The van der Waals surface area contributed by atoms with Crippen molar-refractivity contribution in [1.82, 2.24) is 10.3 Å². The van der Waals surface area contributed by atoms with Gasteiger partial charge in [0.1, 0.15) is 0 Å². The van der Waals surface area contributed by atoms with E-state index in [4.69, 9.17) is 0 Å². The van der Waals surface area contributed by atoms with E-state index in [0.717, 1.165) is 12.5 Å². The Morgan fingerprint density at radius 1 is 1.30 bits per heavy atom. The highest BCUT2D eigenvalue weighted by Crippen LogP contribution is 2.51. The first-order chi connectivity index (χ1) is 9.68. The molecule has 1 aromatic rings. The summed E-state index contributed by atoms with van der Waals surface area (Å²) in [5.41, 5.74) is 1.82. The van der Waals surface area contributed by atoms with Gasteiger partial charge in [0.2, 0.25) is 0 Å². The lowest BCUT2D eigenvalue weighted by Gasteiger charge is -2.40. The molecule has 2 nitrogen and oxygen atoms in total. The van der Waals surface area contributed by atoms with Crippen LogP contribution in [0.25, 0.3) is 0 Å². The van der Waals surface area contributed by atoms with Crippen molar-refractivity contribution in [3.05, 3.63) is 30.1 Å². The second-order valence-corrected chi connectivity index (χ2v) is 6.84. The molecule has 0 radical (unpaired) electrons. The molecule has 20 heavy (non-hydrogen) atoms. The van der Waals surface area contributed by atoms with E-state index in [0.29, 0.717) is 11.5 Å². The van der Waals surface area contributed by atoms with Gasteiger partial charge in [-0.15, -0.1) is 0 Å². The van der Waals surface area contributed by atoms with Crippen LogP contribution in [-0.2, 0) is 0 Å². The van der Waals surface area contributed by atoms with Crippen molar-refractivity contribution in [2.75, 3.05) is 6.54 Å². The van der Waals surface area contributed by atoms with Crippen molar-refractivity contribution < 1.29 is 0 Å². The molecule has 2 heteroatoms. The highest BCUT2D eigenvalue weighted by atomic mass is 14.9. The Morgan fingerprint density at radius 2 is 2.05 bits per heavy atom. The van der Waals surface area contributed by atoms with Crippen molar-refractivity contribution >= 4 is 0 Å². The average molecular weight is 274 g/mol. The minimum absolute atomic E-state index is 0.437. The Hall–Kier alpha value is -0.890. The van der Waals surface area contributed by atoms with E-state index in [-0.39, 0.29) is 0 Å². The third-order valence-corrected chi connectivity index (χ3v) is 4.64. The highest BCUT2D eigenvalue weighted by Gasteiger charge is 2.42. The molecular formula is C18H30N2. The van der Waals surface area contributed by atoms with Crippen LogP contribution < -0.4 is 5.32 Å². The molecule has 0 saturated heterocycles. The maximum atomic E-state index is 4.36. The van der Waals surface area contributed by atoms with Gasteiger partial charge in [0, 0.05) is 18.4 Å². The number of pyridine rings is 1. The predicted octanol–water partition coefficient (Wildman–Crippen LogP) is 4.73. The van der Waals surface area contributed by atoms with E-state index < -0.39 is 0 Å². The summed E-state index contributed by atoms with van der Waals surface area (Å²) in [5.74, 6) is 0.760. The van der Waals surface area contributed by atoms with Gasteiger partial charge in [0.05, 0.1) is 0 Å². The van der Waals surface area contributed by atoms with Crippen LogP contribution in [0.3, 0.4) is 0 Å². The van der Waals surface area contributed by atoms with Crippen LogP contribution in [0.4, 0.5) is 0 Å². The fraction of sp³-hybridized carbons (Fsp3) is 0.722. The molecule has 1 aliphatic rings. The normalized spacial score (nSPS) is 19.4. The van der Waals surface area contributed by atoms with E-state index in [1.165, 1.54) is 44.1 Å². The van der Waals surface area contributed by atoms with Crippen LogP contribution in [0, 0.1) is 11.3 Å². The van der Waals surface area contributed by atoms with Gasteiger partial charge in [-0.05, 0) is 55.2 Å². The number of rotatable bonds is 7. The van der Waals surface area contributed by atoms with Crippen LogP contribution in [0.5, 0.6) is 0 Å². The lowest BCUT2D eigenvalue weighted by Crippen LogP contribution is -2.38. The molecule has 112 valence electrons. The van der Waals surface area contributed by atoms with E-state index in [1.54, 1.807) is 0 Å². The molecule has 2 rings (SSSR count). The van der Waals surface area contributed by atoms with Crippen molar-refractivity contribution in [2.45, 2.75) is 65.3 Å². The van der Waals surface area contributed by atoms with Gasteiger partial charge in [-0.1, -0.05) is 39.7 Å². The highest BCUT2D eigenvalue weighted by molar-refractivity contribution is 5.18. The monoisotopic (exact) mass is 274 g/mol. The zero-order valence-corrected chi connectivity index (χ0v) is 13.4. The van der Waals surface area contributed by atoms with Gasteiger partial charge in [0.15, 0.2) is 0 Å². The minimum atomic E-state index is 0.437. The van der Waals surface area contributed by atoms with E-state index in [1.807, 2.05) is 6.20 Å². The lowest BCUT2D eigenvalue weighted by molar-refractivity contribution is 0.155. The molecule has 0 amide bonds. The van der Waals surface area contributed by atoms with Gasteiger partial charge in [0.25, 0.3) is 0 Å². The summed E-state index contributed by atoms with van der Waals surface area (Å²) in [6, 6.07) is 4.80. The number of aromatic nitrogens is 1. The van der Waals surface area contributed by atoms with E-state index in [9.17, 15) is 0 Å². The Balaban J connectivity index is 2.27. The third kappa shape index (κ3) is 3.60. The molecular weight excluding hydrogens is 244 g/mol. The molecule has 1 unspecified atom stereocenters. The molecule has 0 aliphatic heterocycles. The smallest absolute Gasteiger partial charge is 0.0392 e. The summed E-state index contributed by atoms with van der Waals surface area (Å²) in [6.45, 7) is 8.07. The van der Waals surface area contributed by atoms with Crippen LogP contribution in [0.15, 0.2) is 24.5 Å². The summed E-state index contributed by atoms with van der Waals surface area (Å²) in [5, 5.41) is 3.83. The molecule has 0 aromatic carbocycles. The first-order valence-corrected chi connectivity index (χ1v) is 8.31. The van der Waals surface area contributed by atoms with Crippen LogP contribution in [0.2, 0.25) is 0 Å². The number of nitrogens with zero attached hydrogens (tertiary/aromatic N) is 1. The average Bonchev–Trinajstić information content (AvgIpc) is 2.89. The Bertz CT molecular complexity index is 380. The Kier molecular flexibility index (Phi) is 5.59. The largest absolute Gasteiger partial charge is 0.309 e. The van der Waals surface area contributed by atoms with Crippen molar-refractivity contribution in [3.8, 4) is 0 Å². The van der Waals surface area contributed by atoms with E-state index >= 15 is 0 Å². The number of hydrogen-bond acceptors (Lipinski definition) is 2. The van der Waals surface area contributed by atoms with Crippen molar-refractivity contribution in [1.29, 1.82) is 0 Å². The maximum absolute atomic E-state index is 4.36. The summed E-state index contributed by atoms with van der Waals surface area (Å²) in [6.07, 6.45) is 12.0. The summed E-state index contributed by atoms with van der Waals surface area (Å²) >= 11 is 0. The zero-order chi connectivity index (χ0) is 14.4. The van der Waals surface area contributed by atoms with Crippen LogP contribution in [0.1, 0.15) is 70.9 Å². The first-order valence-electron chi connectivity index (χ1n) is 8.31. The van der Waals surface area contributed by atoms with E-state index in [2.05, 4.69) is 49.4 Å². The summed E-state index contributed by atoms with van der Waals surface area (Å²) in [4.78, 5) is 4.36. The van der Waals surface area contributed by atoms with Gasteiger partial charge in [-0.2, -0.15) is 0 Å². The molecule has 1 N–H and O–H groups in total. The predicted molar refractivity (Wildman–Crippen MR) is 85.6 cm³/mol. The Labute approximate surface area is 124 Å². The fourth-order valence-corrected chi connectivity index (χ4v) is 4.03. The molecule has 1 aromatic heterocycles. The Morgan fingerprint density at radius 3 is 2.60 bits per heavy atom. The second-order valence-electron chi connectivity index (χ2n) is 6.84. The fourth-order valence-electron chi connectivity index (χ4n) is 4.03. The first kappa shape index (κ1) is 15.5. The van der Waals surface area contributed by atoms with Crippen LogP contribution >= 0.6 is 0 Å². The third-order valence-electron chi connectivity index (χ3n) is 4.64. The minimum Gasteiger partial charge on any atom is -0.309 e. The van der Waals surface area contributed by atoms with Gasteiger partial charge in [-0.3, -0.25) is 4.98 Å². The summed E-state index contributed by atoms with van der Waals surface area (Å²) in [7, 11) is 0. The molecule has 1 saturated carbocycles. The zero-order valence-electron chi connectivity index (χ0n) is 13.4. The quantitative estimate of drug-likeness (QED) is 0.777. The number of hydrogen-bond donors (Lipinski definition) is 1. The topological polar surface area (TPSA) is 24.9 Å². The molecule has 1 atom stereocenters. The van der Waals surface area contributed by atoms with Crippen molar-refractivity contribution in [2.24, 2.45) is 11.3 Å². The summed E-state index contributed by atoms with van der Waals surface area (Å²) < 4.78 is 0.